The summed E-state index contributed by atoms with van der Waals surface area (Å²) in [5, 5.41) is 3.61. The number of piperidine rings is 1. The van der Waals surface area contributed by atoms with Crippen molar-refractivity contribution in [2.75, 3.05) is 33.3 Å². The molecule has 0 radical (unpaired) electrons. The van der Waals surface area contributed by atoms with Crippen LogP contribution in [-0.4, -0.2) is 54.7 Å². The van der Waals surface area contributed by atoms with Gasteiger partial charge in [-0.1, -0.05) is 30.3 Å². The van der Waals surface area contributed by atoms with Crippen LogP contribution >= 0.6 is 0 Å². The average Bonchev–Trinajstić information content (AvgIpc) is 3.03. The summed E-state index contributed by atoms with van der Waals surface area (Å²) in [6.07, 6.45) is 4.04. The van der Waals surface area contributed by atoms with Crippen LogP contribution < -0.4 is 5.32 Å². The molecule has 5 nitrogen and oxygen atoms in total. The summed E-state index contributed by atoms with van der Waals surface area (Å²) in [5.41, 5.74) is 1.89. The zero-order chi connectivity index (χ0) is 17.5. The summed E-state index contributed by atoms with van der Waals surface area (Å²) in [5.74, 6) is -0.0922. The Labute approximate surface area is 149 Å². The molecular formula is C20H27N3O2. The van der Waals surface area contributed by atoms with E-state index in [1.165, 1.54) is 18.4 Å². The monoisotopic (exact) mass is 341 g/mol. The highest BCUT2D eigenvalue weighted by Crippen LogP contribution is 2.49. The average molecular weight is 341 g/mol. The summed E-state index contributed by atoms with van der Waals surface area (Å²) in [7, 11) is 1.51. The first-order chi connectivity index (χ1) is 12.1. The molecule has 5 heteroatoms. The van der Waals surface area contributed by atoms with Crippen LogP contribution in [0.15, 0.2) is 42.1 Å². The lowest BCUT2D eigenvalue weighted by molar-refractivity contribution is -0.157. The molecule has 3 aliphatic heterocycles. The summed E-state index contributed by atoms with van der Waals surface area (Å²) in [6, 6.07) is 10.5. The lowest BCUT2D eigenvalue weighted by Crippen LogP contribution is -2.61. The van der Waals surface area contributed by atoms with Gasteiger partial charge in [0.25, 0.3) is 0 Å². The number of hydrogen-bond donors (Lipinski definition) is 1. The molecule has 3 aliphatic rings. The van der Waals surface area contributed by atoms with Crippen LogP contribution in [0.4, 0.5) is 0 Å². The first-order valence-electron chi connectivity index (χ1n) is 9.15. The molecule has 1 aromatic rings. The highest BCUT2D eigenvalue weighted by molar-refractivity contribution is 5.81. The smallest absolute Gasteiger partial charge is 0.319 e. The van der Waals surface area contributed by atoms with Gasteiger partial charge in [-0.15, -0.1) is 0 Å². The second-order valence-corrected chi connectivity index (χ2v) is 7.67. The second-order valence-electron chi connectivity index (χ2n) is 7.67. The van der Waals surface area contributed by atoms with E-state index in [0.29, 0.717) is 0 Å². The highest BCUT2D eigenvalue weighted by Gasteiger charge is 2.56. The van der Waals surface area contributed by atoms with E-state index in [1.54, 1.807) is 0 Å². The maximum atomic E-state index is 12.9. The van der Waals surface area contributed by atoms with Crippen LogP contribution in [0.5, 0.6) is 0 Å². The van der Waals surface area contributed by atoms with Crippen molar-refractivity contribution in [3.63, 3.8) is 0 Å². The van der Waals surface area contributed by atoms with Crippen molar-refractivity contribution in [3.05, 3.63) is 47.7 Å². The van der Waals surface area contributed by atoms with Gasteiger partial charge >= 0.3 is 5.97 Å². The number of esters is 1. The molecule has 0 aliphatic carbocycles. The maximum Gasteiger partial charge on any atom is 0.319 e. The van der Waals surface area contributed by atoms with Crippen LogP contribution in [0.2, 0.25) is 0 Å². The van der Waals surface area contributed by atoms with E-state index in [1.807, 2.05) is 6.07 Å². The fourth-order valence-corrected chi connectivity index (χ4v) is 4.79. The molecule has 3 heterocycles. The van der Waals surface area contributed by atoms with Crippen molar-refractivity contribution in [3.8, 4) is 0 Å². The minimum Gasteiger partial charge on any atom is -0.468 e. The Hall–Kier alpha value is -1.85. The van der Waals surface area contributed by atoms with Crippen LogP contribution in [0, 0.1) is 5.41 Å². The van der Waals surface area contributed by atoms with Gasteiger partial charge in [-0.2, -0.15) is 0 Å². The maximum absolute atomic E-state index is 12.9. The normalized spacial score (nSPS) is 31.9. The predicted octanol–water partition coefficient (Wildman–Crippen LogP) is 1.96. The Morgan fingerprint density at radius 1 is 1.28 bits per heavy atom. The van der Waals surface area contributed by atoms with Crippen LogP contribution in [0.1, 0.15) is 25.3 Å². The van der Waals surface area contributed by atoms with E-state index in [4.69, 9.17) is 4.74 Å². The lowest BCUT2D eigenvalue weighted by Gasteiger charge is -2.53. The van der Waals surface area contributed by atoms with Gasteiger partial charge in [-0.3, -0.25) is 15.0 Å². The number of methoxy groups -OCH3 is 1. The van der Waals surface area contributed by atoms with Crippen molar-refractivity contribution in [2.45, 2.75) is 32.0 Å². The Morgan fingerprint density at radius 3 is 2.84 bits per heavy atom. The molecule has 2 unspecified atom stereocenters. The number of nitrogens with zero attached hydrogens (tertiary/aromatic N) is 2. The van der Waals surface area contributed by atoms with Crippen molar-refractivity contribution in [1.29, 1.82) is 0 Å². The zero-order valence-electron chi connectivity index (χ0n) is 15.1. The summed E-state index contributed by atoms with van der Waals surface area (Å²) in [4.78, 5) is 17.7. The van der Waals surface area contributed by atoms with Gasteiger partial charge < -0.3 is 9.64 Å². The Balaban J connectivity index is 1.65. The molecule has 4 rings (SSSR count). The van der Waals surface area contributed by atoms with E-state index in [2.05, 4.69) is 52.4 Å². The molecule has 2 saturated heterocycles. The van der Waals surface area contributed by atoms with Gasteiger partial charge in [-0.05, 0) is 31.4 Å². The number of nitrogens with one attached hydrogen (secondary N) is 1. The van der Waals surface area contributed by atoms with Crippen molar-refractivity contribution >= 4 is 5.97 Å². The first kappa shape index (κ1) is 16.6. The standard InChI is InChI=1S/C20H27N3O2/c1-19-9-10-20(18(24)25-2)15-22(14-16-6-4-3-5-7-16)12-8-17(20)23(19)13-11-21-19/h3-8,21H,9-15H2,1-2H3. The molecule has 0 aromatic heterocycles. The second kappa shape index (κ2) is 6.15. The lowest BCUT2D eigenvalue weighted by atomic mass is 9.71. The number of ether oxygens (including phenoxy) is 1. The van der Waals surface area contributed by atoms with E-state index in [0.717, 1.165) is 45.6 Å². The van der Waals surface area contributed by atoms with Gasteiger partial charge in [0.05, 0.1) is 12.8 Å². The van der Waals surface area contributed by atoms with Gasteiger partial charge in [0.15, 0.2) is 0 Å². The molecular weight excluding hydrogens is 314 g/mol. The largest absolute Gasteiger partial charge is 0.468 e. The molecule has 1 aromatic carbocycles. The van der Waals surface area contributed by atoms with Gasteiger partial charge in [0.2, 0.25) is 0 Å². The van der Waals surface area contributed by atoms with Crippen molar-refractivity contribution in [1.82, 2.24) is 15.1 Å². The third-order valence-electron chi connectivity index (χ3n) is 6.12. The first-order valence-corrected chi connectivity index (χ1v) is 9.15. The van der Waals surface area contributed by atoms with Crippen LogP contribution in [-0.2, 0) is 16.1 Å². The van der Waals surface area contributed by atoms with Gasteiger partial charge in [0.1, 0.15) is 5.41 Å². The SMILES string of the molecule is COC(=O)C12CCC3(C)NCCN3C1=CCN(Cc1ccccc1)C2. The van der Waals surface area contributed by atoms with E-state index in [9.17, 15) is 4.79 Å². The molecule has 0 saturated carbocycles. The van der Waals surface area contributed by atoms with Crippen LogP contribution in [0.25, 0.3) is 0 Å². The molecule has 0 bridgehead atoms. The van der Waals surface area contributed by atoms with Gasteiger partial charge in [-0.25, -0.2) is 0 Å². The Bertz CT molecular complexity index is 689. The third kappa shape index (κ3) is 2.66. The summed E-state index contributed by atoms with van der Waals surface area (Å²) >= 11 is 0. The molecule has 0 spiro atoms. The zero-order valence-corrected chi connectivity index (χ0v) is 15.1. The van der Waals surface area contributed by atoms with Crippen molar-refractivity contribution in [2.24, 2.45) is 5.41 Å². The Morgan fingerprint density at radius 2 is 2.08 bits per heavy atom. The van der Waals surface area contributed by atoms with E-state index >= 15 is 0 Å². The summed E-state index contributed by atoms with van der Waals surface area (Å²) < 4.78 is 5.28. The van der Waals surface area contributed by atoms with E-state index < -0.39 is 5.41 Å². The number of fused-ring (bicyclic) bond motifs is 3. The van der Waals surface area contributed by atoms with Crippen molar-refractivity contribution < 1.29 is 9.53 Å². The fraction of sp³-hybridized carbons (Fsp3) is 0.550. The topological polar surface area (TPSA) is 44.8 Å². The highest BCUT2D eigenvalue weighted by atomic mass is 16.5. The third-order valence-corrected chi connectivity index (χ3v) is 6.12. The number of hydrogen-bond acceptors (Lipinski definition) is 5. The number of carbonyl (C=O) groups excluding carboxylic acids is 1. The molecule has 1 N–H and O–H groups in total. The fourth-order valence-electron chi connectivity index (χ4n) is 4.79. The van der Waals surface area contributed by atoms with E-state index in [-0.39, 0.29) is 11.6 Å². The van der Waals surface area contributed by atoms with Gasteiger partial charge in [0, 0.05) is 38.4 Å². The van der Waals surface area contributed by atoms with Crippen LogP contribution in [0.3, 0.4) is 0 Å². The Kier molecular flexibility index (Phi) is 4.08. The molecule has 2 fully saturated rings. The minimum atomic E-state index is -0.534. The number of benzene rings is 1. The molecule has 0 amide bonds. The summed E-state index contributed by atoms with van der Waals surface area (Å²) in [6.45, 7) is 6.64. The number of rotatable bonds is 3. The molecule has 134 valence electrons. The molecule has 25 heavy (non-hydrogen) atoms. The minimum absolute atomic E-state index is 0.0229. The quantitative estimate of drug-likeness (QED) is 0.852. The number of carbonyl (C=O) groups is 1. The molecule has 2 atom stereocenters. The predicted molar refractivity (Wildman–Crippen MR) is 96.6 cm³/mol.